The normalized spacial score (nSPS) is 17.4. The van der Waals surface area contributed by atoms with Crippen LogP contribution in [-0.4, -0.2) is 15.3 Å². The summed E-state index contributed by atoms with van der Waals surface area (Å²) >= 11 is 0. The van der Waals surface area contributed by atoms with Gasteiger partial charge in [-0.2, -0.15) is 0 Å². The number of ketones is 1. The van der Waals surface area contributed by atoms with Crippen molar-refractivity contribution in [2.24, 2.45) is 13.0 Å². The molecule has 1 heterocycles. The summed E-state index contributed by atoms with van der Waals surface area (Å²) in [5, 5.41) is 0. The number of Topliss-reactive ketones (excluding diaryl/α,β-unsaturated/α-hetero) is 1. The van der Waals surface area contributed by atoms with Crippen LogP contribution in [0.25, 0.3) is 22.4 Å². The second-order valence-electron chi connectivity index (χ2n) is 5.78. The summed E-state index contributed by atoms with van der Waals surface area (Å²) in [7, 11) is 2.03. The lowest BCUT2D eigenvalue weighted by Crippen LogP contribution is -2.02. The van der Waals surface area contributed by atoms with Gasteiger partial charge in [-0.15, -0.1) is 0 Å². The highest BCUT2D eigenvalue weighted by Gasteiger charge is 2.29. The fraction of sp³-hybridized carbons (Fsp3) is 0.222. The molecule has 3 aromatic rings. The van der Waals surface area contributed by atoms with E-state index in [4.69, 9.17) is 4.98 Å². The number of rotatable bonds is 1. The molecule has 0 saturated carbocycles. The van der Waals surface area contributed by atoms with E-state index in [9.17, 15) is 4.79 Å². The predicted molar refractivity (Wildman–Crippen MR) is 83.3 cm³/mol. The number of carbonyl (C=O) groups excluding carboxylic acids is 1. The maximum atomic E-state index is 12.2. The summed E-state index contributed by atoms with van der Waals surface area (Å²) in [6.45, 7) is 2.00. The standard InChI is InChI=1S/C18H16N2O/c1-11-10-14-12(17(11)21)6-5-7-13(14)18-19-15-8-3-4-9-16(15)20(18)2/h3-9,11H,10H2,1-2H3. The maximum absolute atomic E-state index is 12.2. The van der Waals surface area contributed by atoms with Crippen LogP contribution in [0.3, 0.4) is 0 Å². The minimum absolute atomic E-state index is 0.0795. The molecule has 3 nitrogen and oxygen atoms in total. The average molecular weight is 276 g/mol. The topological polar surface area (TPSA) is 34.9 Å². The molecule has 104 valence electrons. The van der Waals surface area contributed by atoms with Crippen LogP contribution in [0.1, 0.15) is 22.8 Å². The van der Waals surface area contributed by atoms with Crippen LogP contribution in [0.2, 0.25) is 0 Å². The van der Waals surface area contributed by atoms with Crippen molar-refractivity contribution in [2.75, 3.05) is 0 Å². The summed E-state index contributed by atoms with van der Waals surface area (Å²) in [4.78, 5) is 17.0. The molecule has 1 atom stereocenters. The Labute approximate surface area is 123 Å². The van der Waals surface area contributed by atoms with Gasteiger partial charge in [0, 0.05) is 24.1 Å². The van der Waals surface area contributed by atoms with Crippen molar-refractivity contribution in [1.29, 1.82) is 0 Å². The van der Waals surface area contributed by atoms with Crippen LogP contribution in [0.4, 0.5) is 0 Å². The monoisotopic (exact) mass is 276 g/mol. The first-order valence-electron chi connectivity index (χ1n) is 7.24. The van der Waals surface area contributed by atoms with E-state index in [1.54, 1.807) is 0 Å². The van der Waals surface area contributed by atoms with Gasteiger partial charge in [0.15, 0.2) is 5.78 Å². The third kappa shape index (κ3) is 1.67. The second kappa shape index (κ2) is 4.29. The molecule has 0 aliphatic heterocycles. The molecule has 0 bridgehead atoms. The first-order valence-corrected chi connectivity index (χ1v) is 7.24. The minimum atomic E-state index is 0.0795. The highest BCUT2D eigenvalue weighted by atomic mass is 16.1. The van der Waals surface area contributed by atoms with Crippen molar-refractivity contribution in [3.05, 3.63) is 53.6 Å². The molecule has 0 amide bonds. The van der Waals surface area contributed by atoms with Gasteiger partial charge in [-0.05, 0) is 24.1 Å². The van der Waals surface area contributed by atoms with Crippen molar-refractivity contribution in [2.45, 2.75) is 13.3 Å². The lowest BCUT2D eigenvalue weighted by Gasteiger charge is -2.07. The lowest BCUT2D eigenvalue weighted by atomic mass is 10.0. The Morgan fingerprint density at radius 3 is 2.67 bits per heavy atom. The van der Waals surface area contributed by atoms with Gasteiger partial charge in [0.25, 0.3) is 0 Å². The first-order chi connectivity index (χ1) is 10.2. The summed E-state index contributed by atoms with van der Waals surface area (Å²) in [6, 6.07) is 14.1. The van der Waals surface area contributed by atoms with Crippen LogP contribution >= 0.6 is 0 Å². The van der Waals surface area contributed by atoms with Gasteiger partial charge in [-0.1, -0.05) is 37.3 Å². The maximum Gasteiger partial charge on any atom is 0.166 e. The van der Waals surface area contributed by atoms with Crippen molar-refractivity contribution in [1.82, 2.24) is 9.55 Å². The summed E-state index contributed by atoms with van der Waals surface area (Å²) in [5.41, 5.74) is 5.21. The number of hydrogen-bond acceptors (Lipinski definition) is 2. The van der Waals surface area contributed by atoms with Gasteiger partial charge in [0.05, 0.1) is 11.0 Å². The fourth-order valence-electron chi connectivity index (χ4n) is 3.30. The van der Waals surface area contributed by atoms with E-state index in [1.807, 2.05) is 44.3 Å². The molecule has 1 aliphatic carbocycles. The molecule has 0 N–H and O–H groups in total. The zero-order valence-electron chi connectivity index (χ0n) is 12.1. The highest BCUT2D eigenvalue weighted by Crippen LogP contribution is 2.35. The number of fused-ring (bicyclic) bond motifs is 2. The molecule has 0 fully saturated rings. The summed E-state index contributed by atoms with van der Waals surface area (Å²) in [5.74, 6) is 1.27. The Bertz CT molecular complexity index is 876. The van der Waals surface area contributed by atoms with Gasteiger partial charge in [-0.25, -0.2) is 4.98 Å². The Balaban J connectivity index is 1.99. The van der Waals surface area contributed by atoms with Gasteiger partial charge in [-0.3, -0.25) is 4.79 Å². The Morgan fingerprint density at radius 1 is 1.10 bits per heavy atom. The third-order valence-corrected chi connectivity index (χ3v) is 4.43. The smallest absolute Gasteiger partial charge is 0.166 e. The van der Waals surface area contributed by atoms with Crippen LogP contribution in [0.5, 0.6) is 0 Å². The second-order valence-corrected chi connectivity index (χ2v) is 5.78. The first kappa shape index (κ1) is 12.3. The van der Waals surface area contributed by atoms with E-state index < -0.39 is 0 Å². The van der Waals surface area contributed by atoms with E-state index in [0.717, 1.165) is 40.0 Å². The Morgan fingerprint density at radius 2 is 1.86 bits per heavy atom. The lowest BCUT2D eigenvalue weighted by molar-refractivity contribution is 0.0946. The van der Waals surface area contributed by atoms with E-state index in [-0.39, 0.29) is 11.7 Å². The fourth-order valence-corrected chi connectivity index (χ4v) is 3.30. The van der Waals surface area contributed by atoms with Gasteiger partial charge in [0.1, 0.15) is 5.82 Å². The molecule has 3 heteroatoms. The Kier molecular flexibility index (Phi) is 2.52. The minimum Gasteiger partial charge on any atom is -0.327 e. The molecule has 0 radical (unpaired) electrons. The number of aromatic nitrogens is 2. The van der Waals surface area contributed by atoms with Crippen LogP contribution in [-0.2, 0) is 13.5 Å². The SMILES string of the molecule is CC1Cc2c(cccc2-c2nc3ccccc3n2C)C1=O. The molecular formula is C18H16N2O. The van der Waals surface area contributed by atoms with E-state index in [2.05, 4.69) is 16.7 Å². The molecule has 4 rings (SSSR count). The zero-order chi connectivity index (χ0) is 14.6. The highest BCUT2D eigenvalue weighted by molar-refractivity contribution is 6.03. The molecule has 21 heavy (non-hydrogen) atoms. The molecule has 1 aromatic heterocycles. The van der Waals surface area contributed by atoms with E-state index in [1.165, 1.54) is 0 Å². The number of hydrogen-bond donors (Lipinski definition) is 0. The number of nitrogens with zero attached hydrogens (tertiary/aromatic N) is 2. The molecular weight excluding hydrogens is 260 g/mol. The van der Waals surface area contributed by atoms with Crippen LogP contribution in [0.15, 0.2) is 42.5 Å². The number of carbonyl (C=O) groups is 1. The van der Waals surface area contributed by atoms with Crippen molar-refractivity contribution in [3.63, 3.8) is 0 Å². The largest absolute Gasteiger partial charge is 0.327 e. The molecule has 0 spiro atoms. The van der Waals surface area contributed by atoms with Crippen LogP contribution < -0.4 is 0 Å². The predicted octanol–water partition coefficient (Wildman–Crippen LogP) is 3.62. The molecule has 0 saturated heterocycles. The molecule has 1 unspecified atom stereocenters. The molecule has 2 aromatic carbocycles. The quantitative estimate of drug-likeness (QED) is 0.680. The third-order valence-electron chi connectivity index (χ3n) is 4.43. The van der Waals surface area contributed by atoms with Gasteiger partial charge in [0.2, 0.25) is 0 Å². The van der Waals surface area contributed by atoms with Crippen molar-refractivity contribution >= 4 is 16.8 Å². The van der Waals surface area contributed by atoms with Crippen molar-refractivity contribution in [3.8, 4) is 11.4 Å². The molecule has 1 aliphatic rings. The Hall–Kier alpha value is -2.42. The van der Waals surface area contributed by atoms with Crippen LogP contribution in [0, 0.1) is 5.92 Å². The van der Waals surface area contributed by atoms with E-state index in [0.29, 0.717) is 0 Å². The number of imidazole rings is 1. The summed E-state index contributed by atoms with van der Waals surface area (Å²) in [6.07, 6.45) is 0.813. The van der Waals surface area contributed by atoms with E-state index >= 15 is 0 Å². The van der Waals surface area contributed by atoms with Gasteiger partial charge >= 0.3 is 0 Å². The number of para-hydroxylation sites is 2. The van der Waals surface area contributed by atoms with Crippen molar-refractivity contribution < 1.29 is 4.79 Å². The number of aryl methyl sites for hydroxylation is 1. The summed E-state index contributed by atoms with van der Waals surface area (Å²) < 4.78 is 2.11. The zero-order valence-corrected chi connectivity index (χ0v) is 12.1. The number of benzene rings is 2. The van der Waals surface area contributed by atoms with Gasteiger partial charge < -0.3 is 4.57 Å². The average Bonchev–Trinajstić information content (AvgIpc) is 2.98.